The van der Waals surface area contributed by atoms with Crippen LogP contribution < -0.4 is 0 Å². The molecule has 116 valence electrons. The molecule has 24 heavy (non-hydrogen) atoms. The maximum Gasteiger partial charge on any atom is 0.230 e. The van der Waals surface area contributed by atoms with E-state index in [2.05, 4.69) is 11.1 Å². The summed E-state index contributed by atoms with van der Waals surface area (Å²) in [5.41, 5.74) is 1.39. The number of thioether (sulfide) groups is 1. The van der Waals surface area contributed by atoms with Gasteiger partial charge in [0.1, 0.15) is 22.5 Å². The lowest BCUT2D eigenvalue weighted by Gasteiger charge is -2.09. The molecule has 3 aromatic rings. The summed E-state index contributed by atoms with van der Waals surface area (Å²) in [7, 11) is 0. The van der Waals surface area contributed by atoms with E-state index < -0.39 is 5.82 Å². The first-order valence-electron chi connectivity index (χ1n) is 6.97. The van der Waals surface area contributed by atoms with Crippen LogP contribution in [0.15, 0.2) is 47.5 Å². The van der Waals surface area contributed by atoms with Gasteiger partial charge in [0.2, 0.25) is 5.88 Å². The molecule has 0 bridgehead atoms. The van der Waals surface area contributed by atoms with Crippen molar-refractivity contribution in [1.82, 2.24) is 4.98 Å². The van der Waals surface area contributed by atoms with Gasteiger partial charge in [0.05, 0.1) is 11.6 Å². The van der Waals surface area contributed by atoms with Gasteiger partial charge in [-0.1, -0.05) is 18.2 Å². The summed E-state index contributed by atoms with van der Waals surface area (Å²) in [5, 5.41) is 29.6. The quantitative estimate of drug-likeness (QED) is 0.728. The number of pyridine rings is 1. The molecule has 1 aromatic heterocycles. The summed E-state index contributed by atoms with van der Waals surface area (Å²) in [5.74, 6) is -0.390. The van der Waals surface area contributed by atoms with Crippen molar-refractivity contribution in [1.29, 1.82) is 10.5 Å². The van der Waals surface area contributed by atoms with Gasteiger partial charge in [-0.2, -0.15) is 10.5 Å². The Morgan fingerprint density at radius 1 is 1.08 bits per heavy atom. The molecule has 1 heterocycles. The number of fused-ring (bicyclic) bond motifs is 1. The monoisotopic (exact) mass is 335 g/mol. The second-order valence-electron chi connectivity index (χ2n) is 4.97. The summed E-state index contributed by atoms with van der Waals surface area (Å²) in [6.07, 6.45) is 0. The molecule has 0 aliphatic rings. The molecule has 6 heteroatoms. The number of nitriles is 2. The average Bonchev–Trinajstić information content (AvgIpc) is 2.60. The predicted octanol–water partition coefficient (Wildman–Crippen LogP) is 4.12. The van der Waals surface area contributed by atoms with Crippen molar-refractivity contribution in [3.8, 4) is 18.0 Å². The Morgan fingerprint density at radius 2 is 1.88 bits per heavy atom. The molecular weight excluding hydrogens is 325 g/mol. The topological polar surface area (TPSA) is 80.7 Å². The first-order chi connectivity index (χ1) is 11.6. The number of aromatic hydroxyl groups is 1. The maximum absolute atomic E-state index is 13.6. The highest BCUT2D eigenvalue weighted by atomic mass is 32.2. The molecule has 2 aromatic carbocycles. The van der Waals surface area contributed by atoms with Crippen LogP contribution in [0.3, 0.4) is 0 Å². The van der Waals surface area contributed by atoms with Crippen molar-refractivity contribution in [3.05, 3.63) is 65.0 Å². The number of nitrogens with zero attached hydrogens (tertiary/aromatic N) is 3. The number of aromatic nitrogens is 1. The SMILES string of the molecule is N#Cc1ccccc1CSc1nc(O)c(C#N)c2ccc(F)cc12. The van der Waals surface area contributed by atoms with E-state index in [-0.39, 0.29) is 11.4 Å². The molecule has 0 atom stereocenters. The average molecular weight is 335 g/mol. The van der Waals surface area contributed by atoms with Crippen LogP contribution in [0, 0.1) is 28.5 Å². The molecule has 0 unspecified atom stereocenters. The van der Waals surface area contributed by atoms with Gasteiger partial charge < -0.3 is 5.11 Å². The fourth-order valence-corrected chi connectivity index (χ4v) is 3.39. The van der Waals surface area contributed by atoms with Crippen LogP contribution in [0.1, 0.15) is 16.7 Å². The zero-order valence-corrected chi connectivity index (χ0v) is 13.1. The van der Waals surface area contributed by atoms with Crippen LogP contribution in [0.5, 0.6) is 5.88 Å². The van der Waals surface area contributed by atoms with E-state index in [1.807, 2.05) is 18.2 Å². The van der Waals surface area contributed by atoms with Crippen molar-refractivity contribution >= 4 is 22.5 Å². The second-order valence-corrected chi connectivity index (χ2v) is 5.94. The van der Waals surface area contributed by atoms with E-state index in [1.54, 1.807) is 12.1 Å². The zero-order chi connectivity index (χ0) is 17.1. The Hall–Kier alpha value is -3.09. The predicted molar refractivity (Wildman–Crippen MR) is 88.8 cm³/mol. The van der Waals surface area contributed by atoms with Crippen LogP contribution in [-0.4, -0.2) is 10.1 Å². The summed E-state index contributed by atoms with van der Waals surface area (Å²) < 4.78 is 13.6. The van der Waals surface area contributed by atoms with E-state index in [0.717, 1.165) is 5.56 Å². The summed E-state index contributed by atoms with van der Waals surface area (Å²) in [4.78, 5) is 4.03. The standard InChI is InChI=1S/C18H10FN3OS/c19-13-5-6-14-15(7-13)18(22-17(23)16(14)9-21)24-10-12-4-2-1-3-11(12)8-20/h1-7H,10H2,(H,22,23). The minimum absolute atomic E-state index is 0.0202. The highest BCUT2D eigenvalue weighted by molar-refractivity contribution is 7.98. The molecule has 3 rings (SSSR count). The maximum atomic E-state index is 13.6. The van der Waals surface area contributed by atoms with E-state index in [9.17, 15) is 9.50 Å². The Labute approximate surface area is 141 Å². The lowest BCUT2D eigenvalue weighted by molar-refractivity contribution is 0.448. The lowest BCUT2D eigenvalue weighted by atomic mass is 10.1. The van der Waals surface area contributed by atoms with Crippen LogP contribution in [0.25, 0.3) is 10.8 Å². The second kappa shape index (κ2) is 6.57. The van der Waals surface area contributed by atoms with E-state index in [4.69, 9.17) is 10.5 Å². The molecule has 0 fully saturated rings. The third kappa shape index (κ3) is 2.88. The smallest absolute Gasteiger partial charge is 0.230 e. The van der Waals surface area contributed by atoms with Crippen molar-refractivity contribution in [2.24, 2.45) is 0 Å². The third-order valence-corrected chi connectivity index (χ3v) is 4.57. The Kier molecular flexibility index (Phi) is 4.33. The zero-order valence-electron chi connectivity index (χ0n) is 12.3. The Morgan fingerprint density at radius 3 is 2.62 bits per heavy atom. The fourth-order valence-electron chi connectivity index (χ4n) is 2.37. The number of hydrogen-bond donors (Lipinski definition) is 1. The van der Waals surface area contributed by atoms with Gasteiger partial charge >= 0.3 is 0 Å². The van der Waals surface area contributed by atoms with Gasteiger partial charge in [0, 0.05) is 16.5 Å². The minimum atomic E-state index is -0.446. The number of rotatable bonds is 3. The van der Waals surface area contributed by atoms with Crippen LogP contribution in [-0.2, 0) is 5.75 Å². The molecule has 1 N–H and O–H groups in total. The Balaban J connectivity index is 2.06. The fraction of sp³-hybridized carbons (Fsp3) is 0.0556. The van der Waals surface area contributed by atoms with Crippen molar-refractivity contribution in [2.45, 2.75) is 10.8 Å². The van der Waals surface area contributed by atoms with E-state index >= 15 is 0 Å². The molecule has 0 radical (unpaired) electrons. The largest absolute Gasteiger partial charge is 0.492 e. The molecule has 0 saturated heterocycles. The molecule has 4 nitrogen and oxygen atoms in total. The van der Waals surface area contributed by atoms with Gasteiger partial charge in [0.15, 0.2) is 0 Å². The van der Waals surface area contributed by atoms with Gasteiger partial charge in [0.25, 0.3) is 0 Å². The first kappa shape index (κ1) is 15.8. The van der Waals surface area contributed by atoms with Crippen molar-refractivity contribution in [2.75, 3.05) is 0 Å². The highest BCUT2D eigenvalue weighted by Crippen LogP contribution is 2.34. The number of hydrogen-bond acceptors (Lipinski definition) is 5. The third-order valence-electron chi connectivity index (χ3n) is 3.53. The summed E-state index contributed by atoms with van der Waals surface area (Å²) >= 11 is 1.28. The van der Waals surface area contributed by atoms with Crippen molar-refractivity contribution in [3.63, 3.8) is 0 Å². The highest BCUT2D eigenvalue weighted by Gasteiger charge is 2.15. The molecule has 0 aliphatic heterocycles. The first-order valence-corrected chi connectivity index (χ1v) is 7.95. The normalized spacial score (nSPS) is 10.3. The minimum Gasteiger partial charge on any atom is -0.492 e. The van der Waals surface area contributed by atoms with Gasteiger partial charge in [-0.25, -0.2) is 9.37 Å². The molecule has 0 aliphatic carbocycles. The van der Waals surface area contributed by atoms with Crippen LogP contribution >= 0.6 is 11.8 Å². The molecular formula is C18H10FN3OS. The molecule has 0 spiro atoms. The van der Waals surface area contributed by atoms with Gasteiger partial charge in [-0.3, -0.25) is 0 Å². The Bertz CT molecular complexity index is 1020. The number of benzene rings is 2. The van der Waals surface area contributed by atoms with Gasteiger partial charge in [-0.15, -0.1) is 11.8 Å². The van der Waals surface area contributed by atoms with Crippen LogP contribution in [0.4, 0.5) is 4.39 Å². The van der Waals surface area contributed by atoms with E-state index in [0.29, 0.717) is 27.1 Å². The van der Waals surface area contributed by atoms with Gasteiger partial charge in [-0.05, 0) is 29.8 Å². The molecule has 0 amide bonds. The number of halogens is 1. The van der Waals surface area contributed by atoms with Crippen LogP contribution in [0.2, 0.25) is 0 Å². The lowest BCUT2D eigenvalue weighted by Crippen LogP contribution is -1.93. The van der Waals surface area contributed by atoms with Crippen molar-refractivity contribution < 1.29 is 9.50 Å². The summed E-state index contributed by atoms with van der Waals surface area (Å²) in [6, 6.07) is 15.2. The molecule has 0 saturated carbocycles. The van der Waals surface area contributed by atoms with E-state index in [1.165, 1.54) is 30.0 Å². The summed E-state index contributed by atoms with van der Waals surface area (Å²) in [6.45, 7) is 0.